The van der Waals surface area contributed by atoms with Gasteiger partial charge in [0.2, 0.25) is 5.91 Å². The van der Waals surface area contributed by atoms with Crippen molar-refractivity contribution >= 4 is 38.5 Å². The van der Waals surface area contributed by atoms with Gasteiger partial charge < -0.3 is 14.6 Å². The Kier molecular flexibility index (Phi) is 6.22. The molecule has 0 saturated carbocycles. The number of carbonyl (C=O) groups is 1. The molecule has 3 rings (SSSR count). The first-order valence-corrected chi connectivity index (χ1v) is 11.1. The summed E-state index contributed by atoms with van der Waals surface area (Å²) < 4.78 is 34.1. The zero-order valence-electron chi connectivity index (χ0n) is 14.9. The Morgan fingerprint density at radius 1 is 1.26 bits per heavy atom. The molecule has 0 atom stereocenters. The molecule has 1 aliphatic rings. The normalized spacial score (nSPS) is 15.1. The zero-order valence-corrected chi connectivity index (χ0v) is 16.6. The van der Waals surface area contributed by atoms with Crippen LogP contribution in [0.25, 0.3) is 0 Å². The van der Waals surface area contributed by atoms with Gasteiger partial charge in [0.25, 0.3) is 10.0 Å². The van der Waals surface area contributed by atoms with Gasteiger partial charge in [-0.1, -0.05) is 37.2 Å². The average molecular weight is 408 g/mol. The van der Waals surface area contributed by atoms with Crippen molar-refractivity contribution in [3.8, 4) is 0 Å². The summed E-state index contributed by atoms with van der Waals surface area (Å²) >= 11 is 1.12. The fourth-order valence-corrected chi connectivity index (χ4v) is 4.93. The molecule has 0 bridgehead atoms. The lowest BCUT2D eigenvalue weighted by Gasteiger charge is -2.30. The van der Waals surface area contributed by atoms with Gasteiger partial charge in [-0.15, -0.1) is 4.40 Å². The number of rotatable bonds is 7. The van der Waals surface area contributed by atoms with Crippen molar-refractivity contribution in [2.45, 2.75) is 31.2 Å². The number of sulfonamides is 1. The number of benzene rings is 1. The number of amides is 1. The largest absolute Gasteiger partial charge is 0.467 e. The number of nitrogens with zero attached hydrogens (tertiary/aromatic N) is 2. The lowest BCUT2D eigenvalue weighted by Crippen LogP contribution is -2.36. The number of amidine groups is 1. The van der Waals surface area contributed by atoms with E-state index in [0.717, 1.165) is 24.6 Å². The molecule has 144 valence electrons. The number of nitrogens with one attached hydrogen (secondary N) is 1. The molecule has 1 N–H and O–H groups in total. The highest BCUT2D eigenvalue weighted by Gasteiger charge is 2.30. The van der Waals surface area contributed by atoms with Crippen molar-refractivity contribution < 1.29 is 17.6 Å². The first-order valence-electron chi connectivity index (χ1n) is 8.64. The molecule has 1 aliphatic heterocycles. The summed E-state index contributed by atoms with van der Waals surface area (Å²) in [6.45, 7) is 3.00. The maximum Gasteiger partial charge on any atom is 0.286 e. The minimum atomic E-state index is -3.77. The predicted molar refractivity (Wildman–Crippen MR) is 106 cm³/mol. The van der Waals surface area contributed by atoms with Crippen LogP contribution in [0.5, 0.6) is 0 Å². The Morgan fingerprint density at radius 3 is 2.81 bits per heavy atom. The third-order valence-electron chi connectivity index (χ3n) is 3.97. The molecule has 27 heavy (non-hydrogen) atoms. The topological polar surface area (TPSA) is 92.0 Å². The molecule has 0 radical (unpaired) electrons. The molecular weight excluding hydrogens is 386 g/mol. The van der Waals surface area contributed by atoms with Crippen LogP contribution in [0.4, 0.5) is 5.69 Å². The summed E-state index contributed by atoms with van der Waals surface area (Å²) in [4.78, 5) is 14.2. The molecular formula is C18H21N3O4S2. The van der Waals surface area contributed by atoms with Crippen LogP contribution in [0.3, 0.4) is 0 Å². The lowest BCUT2D eigenvalue weighted by molar-refractivity contribution is -0.118. The average Bonchev–Trinajstić information content (AvgIpc) is 3.17. The van der Waals surface area contributed by atoms with E-state index in [2.05, 4.69) is 16.6 Å². The molecule has 1 aromatic heterocycles. The monoisotopic (exact) mass is 407 g/mol. The van der Waals surface area contributed by atoms with Crippen LogP contribution in [0.2, 0.25) is 0 Å². The van der Waals surface area contributed by atoms with E-state index in [9.17, 15) is 13.2 Å². The number of hydrogen-bond donors (Lipinski definition) is 1. The van der Waals surface area contributed by atoms with Crippen LogP contribution in [-0.2, 0) is 21.4 Å². The number of fused-ring (bicyclic) bond motifs is 1. The maximum absolute atomic E-state index is 12.5. The SMILES string of the molecule is CCCCN1C(SCC(=O)NCc2ccco2)=NS(=O)(=O)c2ccccc21. The second-order valence-electron chi connectivity index (χ2n) is 5.97. The highest BCUT2D eigenvalue weighted by molar-refractivity contribution is 8.15. The first kappa shape index (κ1) is 19.5. The molecule has 0 unspecified atom stereocenters. The molecule has 9 heteroatoms. The number of unbranched alkanes of at least 4 members (excludes halogenated alkanes) is 1. The van der Waals surface area contributed by atoms with Gasteiger partial charge in [-0.05, 0) is 30.7 Å². The molecule has 0 spiro atoms. The number of carbonyl (C=O) groups excluding carboxylic acids is 1. The Balaban J connectivity index is 1.72. The van der Waals surface area contributed by atoms with Gasteiger partial charge in [0.1, 0.15) is 10.7 Å². The molecule has 0 saturated heterocycles. The van der Waals surface area contributed by atoms with E-state index in [1.807, 2.05) is 4.90 Å². The van der Waals surface area contributed by atoms with Crippen molar-refractivity contribution in [1.29, 1.82) is 0 Å². The van der Waals surface area contributed by atoms with Crippen molar-refractivity contribution in [2.75, 3.05) is 17.2 Å². The molecule has 0 fully saturated rings. The fourth-order valence-electron chi connectivity index (χ4n) is 2.62. The number of thioether (sulfide) groups is 1. The van der Waals surface area contributed by atoms with Gasteiger partial charge in [0.15, 0.2) is 5.17 Å². The highest BCUT2D eigenvalue weighted by Crippen LogP contribution is 2.34. The summed E-state index contributed by atoms with van der Waals surface area (Å²) in [6, 6.07) is 10.3. The van der Waals surface area contributed by atoms with Gasteiger partial charge in [0, 0.05) is 6.54 Å². The summed E-state index contributed by atoms with van der Waals surface area (Å²) in [6.07, 6.45) is 3.40. The molecule has 0 aliphatic carbocycles. The molecule has 2 heterocycles. The van der Waals surface area contributed by atoms with Gasteiger partial charge in [-0.2, -0.15) is 8.42 Å². The van der Waals surface area contributed by atoms with Crippen molar-refractivity contribution in [3.63, 3.8) is 0 Å². The first-order chi connectivity index (χ1) is 13.0. The second-order valence-corrected chi connectivity index (χ2v) is 8.48. The lowest BCUT2D eigenvalue weighted by atomic mass is 10.2. The standard InChI is InChI=1S/C18H21N3O4S2/c1-2-3-10-21-15-8-4-5-9-16(15)27(23,24)20-18(21)26-13-17(22)19-12-14-7-6-11-25-14/h4-9,11H,2-3,10,12-13H2,1H3,(H,19,22). The number of para-hydroxylation sites is 1. The van der Waals surface area contributed by atoms with E-state index in [-0.39, 0.29) is 16.6 Å². The Morgan fingerprint density at radius 2 is 2.07 bits per heavy atom. The van der Waals surface area contributed by atoms with Gasteiger partial charge >= 0.3 is 0 Å². The minimum Gasteiger partial charge on any atom is -0.467 e. The number of furan rings is 1. The zero-order chi connectivity index (χ0) is 19.3. The Hall–Kier alpha value is -2.26. The van der Waals surface area contributed by atoms with Gasteiger partial charge in [-0.25, -0.2) is 0 Å². The van der Waals surface area contributed by atoms with Crippen molar-refractivity contribution in [3.05, 3.63) is 48.4 Å². The molecule has 1 aromatic carbocycles. The minimum absolute atomic E-state index is 0.0693. The van der Waals surface area contributed by atoms with Crippen LogP contribution < -0.4 is 10.2 Å². The summed E-state index contributed by atoms with van der Waals surface area (Å²) in [5.41, 5.74) is 0.611. The third kappa shape index (κ3) is 4.72. The maximum atomic E-state index is 12.5. The third-order valence-corrected chi connectivity index (χ3v) is 6.38. The van der Waals surface area contributed by atoms with Crippen LogP contribution in [0.15, 0.2) is 56.4 Å². The molecule has 7 nitrogen and oxygen atoms in total. The van der Waals surface area contributed by atoms with Crippen LogP contribution >= 0.6 is 11.8 Å². The van der Waals surface area contributed by atoms with Crippen LogP contribution in [0.1, 0.15) is 25.5 Å². The summed E-state index contributed by atoms with van der Waals surface area (Å²) in [5.74, 6) is 0.509. The van der Waals surface area contributed by atoms with E-state index < -0.39 is 10.0 Å². The molecule has 2 aromatic rings. The molecule has 1 amide bonds. The summed E-state index contributed by atoms with van der Waals surface area (Å²) in [7, 11) is -3.77. The Bertz CT molecular complexity index is 924. The van der Waals surface area contributed by atoms with Crippen molar-refractivity contribution in [1.82, 2.24) is 5.32 Å². The van der Waals surface area contributed by atoms with Gasteiger partial charge in [-0.3, -0.25) is 4.79 Å². The van der Waals surface area contributed by atoms with E-state index >= 15 is 0 Å². The summed E-state index contributed by atoms with van der Waals surface area (Å²) in [5, 5.41) is 3.08. The van der Waals surface area contributed by atoms with Gasteiger partial charge in [0.05, 0.1) is 24.2 Å². The highest BCUT2D eigenvalue weighted by atomic mass is 32.2. The van der Waals surface area contributed by atoms with Crippen LogP contribution in [0, 0.1) is 0 Å². The Labute approximate surface area is 162 Å². The number of hydrogen-bond acceptors (Lipinski definition) is 6. The van der Waals surface area contributed by atoms with E-state index in [1.54, 1.807) is 42.7 Å². The van der Waals surface area contributed by atoms with Crippen molar-refractivity contribution in [2.24, 2.45) is 4.40 Å². The van der Waals surface area contributed by atoms with E-state index in [4.69, 9.17) is 4.42 Å². The number of anilines is 1. The quantitative estimate of drug-likeness (QED) is 0.759. The van der Waals surface area contributed by atoms with E-state index in [1.165, 1.54) is 0 Å². The smallest absolute Gasteiger partial charge is 0.286 e. The predicted octanol–water partition coefficient (Wildman–Crippen LogP) is 2.99. The van der Waals surface area contributed by atoms with Crippen LogP contribution in [-0.4, -0.2) is 31.8 Å². The van der Waals surface area contributed by atoms with E-state index in [0.29, 0.717) is 29.7 Å². The second kappa shape index (κ2) is 8.62. The fraction of sp³-hybridized carbons (Fsp3) is 0.333.